The first kappa shape index (κ1) is 11.4. The smallest absolute Gasteiger partial charge is 0.326 e. The number of hydrogen-bond acceptors (Lipinski definition) is 3. The highest BCUT2D eigenvalue weighted by atomic mass is 19.1. The number of halogens is 1. The maximum Gasteiger partial charge on any atom is 0.326 e. The predicted octanol–water partition coefficient (Wildman–Crippen LogP) is 1.89. The molecule has 0 bridgehead atoms. The molecule has 1 atom stereocenters. The summed E-state index contributed by atoms with van der Waals surface area (Å²) in [5.41, 5.74) is 0. The molecule has 0 saturated carbocycles. The summed E-state index contributed by atoms with van der Waals surface area (Å²) in [5.74, 6) is -0.997. The minimum Gasteiger partial charge on any atom is -0.480 e. The summed E-state index contributed by atoms with van der Waals surface area (Å²) in [6.07, 6.45) is 2.31. The van der Waals surface area contributed by atoms with Crippen molar-refractivity contribution < 1.29 is 14.3 Å². The first-order valence-electron chi connectivity index (χ1n) is 4.74. The standard InChI is InChI=1S/C10H13FN2O2/c1-2-3-8(10(14)15)13-9-5-4-7(11)6-12-9/h4-6,8H,2-3H2,1H3,(H,12,13)(H,14,15). The Hall–Kier alpha value is -1.65. The van der Waals surface area contributed by atoms with E-state index in [9.17, 15) is 9.18 Å². The van der Waals surface area contributed by atoms with Gasteiger partial charge in [-0.05, 0) is 18.6 Å². The SMILES string of the molecule is CCCC(Nc1ccc(F)cn1)C(=O)O. The van der Waals surface area contributed by atoms with Crippen molar-refractivity contribution in [3.8, 4) is 0 Å². The molecule has 1 aromatic heterocycles. The first-order valence-corrected chi connectivity index (χ1v) is 4.74. The number of carboxylic acids is 1. The Labute approximate surface area is 87.1 Å². The third-order valence-electron chi connectivity index (χ3n) is 1.92. The fourth-order valence-electron chi connectivity index (χ4n) is 1.19. The maximum atomic E-state index is 12.5. The van der Waals surface area contributed by atoms with Gasteiger partial charge in [-0.15, -0.1) is 0 Å². The van der Waals surface area contributed by atoms with Crippen LogP contribution >= 0.6 is 0 Å². The molecule has 0 aliphatic carbocycles. The topological polar surface area (TPSA) is 62.2 Å². The van der Waals surface area contributed by atoms with Crippen molar-refractivity contribution in [3.05, 3.63) is 24.1 Å². The van der Waals surface area contributed by atoms with Crippen LogP contribution in [0.1, 0.15) is 19.8 Å². The van der Waals surface area contributed by atoms with Crippen LogP contribution in [0.5, 0.6) is 0 Å². The predicted molar refractivity (Wildman–Crippen MR) is 54.1 cm³/mol. The Bertz CT molecular complexity index is 327. The lowest BCUT2D eigenvalue weighted by Crippen LogP contribution is -2.29. The van der Waals surface area contributed by atoms with E-state index in [0.29, 0.717) is 12.2 Å². The van der Waals surface area contributed by atoms with E-state index in [-0.39, 0.29) is 0 Å². The zero-order valence-electron chi connectivity index (χ0n) is 8.40. The van der Waals surface area contributed by atoms with E-state index in [1.165, 1.54) is 12.1 Å². The number of anilines is 1. The average Bonchev–Trinajstić information content (AvgIpc) is 2.20. The number of nitrogens with zero attached hydrogens (tertiary/aromatic N) is 1. The second-order valence-electron chi connectivity index (χ2n) is 3.19. The number of carbonyl (C=O) groups is 1. The fourth-order valence-corrected chi connectivity index (χ4v) is 1.19. The van der Waals surface area contributed by atoms with Gasteiger partial charge in [0, 0.05) is 0 Å². The number of carboxylic acid groups (broad SMARTS) is 1. The summed E-state index contributed by atoms with van der Waals surface area (Å²) in [6.45, 7) is 1.90. The van der Waals surface area contributed by atoms with Crippen LogP contribution in [0.25, 0.3) is 0 Å². The Balaban J connectivity index is 2.65. The zero-order chi connectivity index (χ0) is 11.3. The Morgan fingerprint density at radius 3 is 2.87 bits per heavy atom. The van der Waals surface area contributed by atoms with Crippen LogP contribution in [-0.4, -0.2) is 22.1 Å². The molecule has 15 heavy (non-hydrogen) atoms. The molecule has 1 heterocycles. The number of hydrogen-bond donors (Lipinski definition) is 2. The van der Waals surface area contributed by atoms with Gasteiger partial charge >= 0.3 is 5.97 Å². The van der Waals surface area contributed by atoms with Crippen molar-refractivity contribution in [2.45, 2.75) is 25.8 Å². The van der Waals surface area contributed by atoms with Crippen molar-refractivity contribution >= 4 is 11.8 Å². The number of aliphatic carboxylic acids is 1. The van der Waals surface area contributed by atoms with E-state index in [1.807, 2.05) is 6.92 Å². The van der Waals surface area contributed by atoms with E-state index in [0.717, 1.165) is 12.6 Å². The van der Waals surface area contributed by atoms with Gasteiger partial charge < -0.3 is 10.4 Å². The molecule has 0 amide bonds. The van der Waals surface area contributed by atoms with E-state index in [2.05, 4.69) is 10.3 Å². The molecular weight excluding hydrogens is 199 g/mol. The van der Waals surface area contributed by atoms with E-state index in [4.69, 9.17) is 5.11 Å². The lowest BCUT2D eigenvalue weighted by atomic mass is 10.2. The summed E-state index contributed by atoms with van der Waals surface area (Å²) in [4.78, 5) is 14.5. The van der Waals surface area contributed by atoms with Crippen LogP contribution < -0.4 is 5.32 Å². The van der Waals surface area contributed by atoms with E-state index >= 15 is 0 Å². The molecular formula is C10H13FN2O2. The van der Waals surface area contributed by atoms with Gasteiger partial charge in [0.2, 0.25) is 0 Å². The molecule has 4 nitrogen and oxygen atoms in total. The van der Waals surface area contributed by atoms with Crippen LogP contribution in [0.4, 0.5) is 10.2 Å². The van der Waals surface area contributed by atoms with Crippen LogP contribution in [-0.2, 0) is 4.79 Å². The van der Waals surface area contributed by atoms with Gasteiger partial charge in [-0.3, -0.25) is 0 Å². The highest BCUT2D eigenvalue weighted by Crippen LogP contribution is 2.08. The normalized spacial score (nSPS) is 12.1. The minimum absolute atomic E-state index is 0.372. The number of rotatable bonds is 5. The quantitative estimate of drug-likeness (QED) is 0.782. The number of aromatic nitrogens is 1. The second kappa shape index (κ2) is 5.29. The van der Waals surface area contributed by atoms with Crippen molar-refractivity contribution in [1.29, 1.82) is 0 Å². The van der Waals surface area contributed by atoms with Crippen molar-refractivity contribution in [2.24, 2.45) is 0 Å². The lowest BCUT2D eigenvalue weighted by Gasteiger charge is -2.13. The van der Waals surface area contributed by atoms with Gasteiger partial charge in [-0.25, -0.2) is 14.2 Å². The molecule has 0 radical (unpaired) electrons. The van der Waals surface area contributed by atoms with Crippen LogP contribution in [0.15, 0.2) is 18.3 Å². The highest BCUT2D eigenvalue weighted by Gasteiger charge is 2.15. The minimum atomic E-state index is -0.928. The molecule has 0 aromatic carbocycles. The molecule has 0 aliphatic rings. The van der Waals surface area contributed by atoms with Gasteiger partial charge in [0.1, 0.15) is 17.7 Å². The van der Waals surface area contributed by atoms with Crippen molar-refractivity contribution in [3.63, 3.8) is 0 Å². The summed E-state index contributed by atoms with van der Waals surface area (Å²) in [6, 6.07) is 1.98. The van der Waals surface area contributed by atoms with Gasteiger partial charge in [0.05, 0.1) is 6.20 Å². The molecule has 0 aliphatic heterocycles. The van der Waals surface area contributed by atoms with Gasteiger partial charge in [-0.1, -0.05) is 13.3 Å². The summed E-state index contributed by atoms with van der Waals surface area (Å²) in [5, 5.41) is 11.6. The number of pyridine rings is 1. The van der Waals surface area contributed by atoms with Gasteiger partial charge in [0.15, 0.2) is 0 Å². The van der Waals surface area contributed by atoms with Crippen molar-refractivity contribution in [1.82, 2.24) is 4.98 Å². The highest BCUT2D eigenvalue weighted by molar-refractivity contribution is 5.76. The Morgan fingerprint density at radius 1 is 1.67 bits per heavy atom. The molecule has 1 aromatic rings. The molecule has 0 fully saturated rings. The molecule has 1 unspecified atom stereocenters. The lowest BCUT2D eigenvalue weighted by molar-refractivity contribution is -0.138. The van der Waals surface area contributed by atoms with Crippen LogP contribution in [0.2, 0.25) is 0 Å². The third kappa shape index (κ3) is 3.53. The largest absolute Gasteiger partial charge is 0.480 e. The van der Waals surface area contributed by atoms with Crippen LogP contribution in [0.3, 0.4) is 0 Å². The maximum absolute atomic E-state index is 12.5. The van der Waals surface area contributed by atoms with Gasteiger partial charge in [0.25, 0.3) is 0 Å². The molecule has 0 spiro atoms. The first-order chi connectivity index (χ1) is 7.13. The molecule has 1 rings (SSSR count). The van der Waals surface area contributed by atoms with Crippen molar-refractivity contribution in [2.75, 3.05) is 5.32 Å². The molecule has 2 N–H and O–H groups in total. The molecule has 82 valence electrons. The number of nitrogens with one attached hydrogen (secondary N) is 1. The second-order valence-corrected chi connectivity index (χ2v) is 3.19. The monoisotopic (exact) mass is 212 g/mol. The Morgan fingerprint density at radius 2 is 2.40 bits per heavy atom. The molecule has 5 heteroatoms. The fraction of sp³-hybridized carbons (Fsp3) is 0.400. The van der Waals surface area contributed by atoms with Gasteiger partial charge in [-0.2, -0.15) is 0 Å². The summed E-state index contributed by atoms with van der Waals surface area (Å²) >= 11 is 0. The summed E-state index contributed by atoms with van der Waals surface area (Å²) < 4.78 is 12.5. The zero-order valence-corrected chi connectivity index (χ0v) is 8.40. The molecule has 0 saturated heterocycles. The van der Waals surface area contributed by atoms with E-state index < -0.39 is 17.8 Å². The average molecular weight is 212 g/mol. The third-order valence-corrected chi connectivity index (χ3v) is 1.92. The van der Waals surface area contributed by atoms with E-state index in [1.54, 1.807) is 0 Å². The summed E-state index contributed by atoms with van der Waals surface area (Å²) in [7, 11) is 0. The Kier molecular flexibility index (Phi) is 4.03. The van der Waals surface area contributed by atoms with Crippen LogP contribution in [0, 0.1) is 5.82 Å².